The monoisotopic (exact) mass is 250 g/mol. The molecule has 3 rings (SSSR count). The van der Waals surface area contributed by atoms with Crippen molar-refractivity contribution in [2.75, 3.05) is 0 Å². The van der Waals surface area contributed by atoms with Crippen LogP contribution in [0.3, 0.4) is 0 Å². The summed E-state index contributed by atoms with van der Waals surface area (Å²) in [4.78, 5) is 14.5. The van der Waals surface area contributed by atoms with Crippen molar-refractivity contribution < 1.29 is 18.3 Å². The van der Waals surface area contributed by atoms with Gasteiger partial charge >= 0.3 is 6.29 Å². The quantitative estimate of drug-likeness (QED) is 0.772. The van der Waals surface area contributed by atoms with Gasteiger partial charge in [-0.25, -0.2) is 0 Å². The summed E-state index contributed by atoms with van der Waals surface area (Å²) in [7, 11) is 0. The van der Waals surface area contributed by atoms with Gasteiger partial charge in [0.25, 0.3) is 0 Å². The fraction of sp³-hybridized carbons (Fsp3) is 0.0909. The molecule has 0 radical (unpaired) electrons. The number of nitrogens with zero attached hydrogens (tertiary/aromatic N) is 1. The number of hydrogen-bond donors (Lipinski definition) is 1. The van der Waals surface area contributed by atoms with Crippen molar-refractivity contribution in [1.82, 2.24) is 4.98 Å². The highest BCUT2D eigenvalue weighted by molar-refractivity contribution is 5.83. The Morgan fingerprint density at radius 3 is 2.61 bits per heavy atom. The molecule has 7 heteroatoms. The number of pyridine rings is 1. The molecule has 2 heterocycles. The first-order valence-corrected chi connectivity index (χ1v) is 4.85. The van der Waals surface area contributed by atoms with E-state index in [1.807, 2.05) is 0 Å². The third-order valence-corrected chi connectivity index (χ3v) is 2.52. The summed E-state index contributed by atoms with van der Waals surface area (Å²) in [6.07, 6.45) is -2.52. The minimum absolute atomic E-state index is 0.0918. The number of alkyl halides is 2. The van der Waals surface area contributed by atoms with Gasteiger partial charge in [-0.15, -0.1) is 8.78 Å². The zero-order chi connectivity index (χ0) is 12.9. The number of halogens is 2. The van der Waals surface area contributed by atoms with Gasteiger partial charge in [-0.3, -0.25) is 4.79 Å². The molecule has 2 aromatic rings. The normalized spacial score (nSPS) is 15.6. The maximum atomic E-state index is 12.8. The second kappa shape index (κ2) is 3.20. The molecule has 0 aliphatic carbocycles. The maximum absolute atomic E-state index is 12.8. The molecule has 1 aromatic carbocycles. The van der Waals surface area contributed by atoms with E-state index in [0.29, 0.717) is 5.52 Å². The lowest BCUT2D eigenvalue weighted by molar-refractivity contribution is -0.286. The highest BCUT2D eigenvalue weighted by Crippen LogP contribution is 2.42. The van der Waals surface area contributed by atoms with Gasteiger partial charge < -0.3 is 14.5 Å². The predicted molar refractivity (Wildman–Crippen MR) is 55.5 cm³/mol. The number of rotatable bonds is 0. The first kappa shape index (κ1) is 10.5. The van der Waals surface area contributed by atoms with Crippen molar-refractivity contribution in [2.24, 2.45) is 0 Å². The van der Waals surface area contributed by atoms with Crippen LogP contribution in [0, 0.1) is 11.3 Å². The van der Waals surface area contributed by atoms with Crippen molar-refractivity contribution in [3.63, 3.8) is 0 Å². The van der Waals surface area contributed by atoms with Crippen LogP contribution in [0.4, 0.5) is 8.78 Å². The van der Waals surface area contributed by atoms with Gasteiger partial charge in [-0.05, 0) is 6.07 Å². The molecule has 0 spiro atoms. The van der Waals surface area contributed by atoms with E-state index in [1.54, 1.807) is 6.07 Å². The topological polar surface area (TPSA) is 75.1 Å². The highest BCUT2D eigenvalue weighted by atomic mass is 19.3. The Hall–Kier alpha value is -2.62. The number of hydrogen-bond acceptors (Lipinski definition) is 4. The fourth-order valence-corrected chi connectivity index (χ4v) is 1.75. The first-order chi connectivity index (χ1) is 8.50. The molecule has 0 amide bonds. The summed E-state index contributed by atoms with van der Waals surface area (Å²) >= 11 is 0. The van der Waals surface area contributed by atoms with Crippen molar-refractivity contribution >= 4 is 10.9 Å². The average molecular weight is 250 g/mol. The SMILES string of the molecule is N#Cc1c[nH]c2cc3c(cc2c1=O)OC(F)(F)O3. The van der Waals surface area contributed by atoms with E-state index in [9.17, 15) is 13.6 Å². The van der Waals surface area contributed by atoms with Crippen LogP contribution in [0.5, 0.6) is 11.5 Å². The number of fused-ring (bicyclic) bond motifs is 2. The van der Waals surface area contributed by atoms with Crippen molar-refractivity contribution in [2.45, 2.75) is 6.29 Å². The third kappa shape index (κ3) is 1.39. The Bertz CT molecular complexity index is 761. The molecule has 0 saturated heterocycles. The number of aromatic amines is 1. The van der Waals surface area contributed by atoms with Crippen LogP contribution < -0.4 is 14.9 Å². The van der Waals surface area contributed by atoms with Crippen LogP contribution in [0.1, 0.15) is 5.56 Å². The van der Waals surface area contributed by atoms with Crippen LogP contribution in [0.25, 0.3) is 10.9 Å². The molecule has 0 atom stereocenters. The van der Waals surface area contributed by atoms with Crippen LogP contribution in [-0.2, 0) is 0 Å². The molecule has 90 valence electrons. The van der Waals surface area contributed by atoms with Crippen molar-refractivity contribution in [1.29, 1.82) is 5.26 Å². The van der Waals surface area contributed by atoms with Crippen molar-refractivity contribution in [3.05, 3.63) is 34.1 Å². The molecule has 18 heavy (non-hydrogen) atoms. The van der Waals surface area contributed by atoms with Gasteiger partial charge in [-0.1, -0.05) is 0 Å². The predicted octanol–water partition coefficient (Wildman–Crippen LogP) is 1.72. The Labute approximate surface area is 98.2 Å². The molecule has 0 saturated carbocycles. The molecule has 1 aromatic heterocycles. The van der Waals surface area contributed by atoms with E-state index >= 15 is 0 Å². The van der Waals surface area contributed by atoms with E-state index < -0.39 is 11.7 Å². The van der Waals surface area contributed by atoms with E-state index in [2.05, 4.69) is 14.5 Å². The van der Waals surface area contributed by atoms with Crippen LogP contribution >= 0.6 is 0 Å². The van der Waals surface area contributed by atoms with E-state index in [4.69, 9.17) is 5.26 Å². The van der Waals surface area contributed by atoms with Gasteiger partial charge in [-0.2, -0.15) is 5.26 Å². The Morgan fingerprint density at radius 1 is 1.28 bits per heavy atom. The summed E-state index contributed by atoms with van der Waals surface area (Å²) < 4.78 is 34.2. The fourth-order valence-electron chi connectivity index (χ4n) is 1.75. The molecule has 0 bridgehead atoms. The minimum atomic E-state index is -3.74. The Balaban J connectivity index is 2.31. The van der Waals surface area contributed by atoms with Crippen molar-refractivity contribution in [3.8, 4) is 17.6 Å². The largest absolute Gasteiger partial charge is 0.586 e. The number of nitrogens with one attached hydrogen (secondary N) is 1. The summed E-state index contributed by atoms with van der Waals surface area (Å²) in [5, 5.41) is 8.80. The number of H-pyrrole nitrogens is 1. The van der Waals surface area contributed by atoms with Crippen LogP contribution in [0.2, 0.25) is 0 Å². The molecule has 1 N–H and O–H groups in total. The second-order valence-corrected chi connectivity index (χ2v) is 3.66. The molecular formula is C11H4F2N2O3. The first-order valence-electron chi connectivity index (χ1n) is 4.85. The van der Waals surface area contributed by atoms with E-state index in [-0.39, 0.29) is 22.4 Å². The number of nitriles is 1. The maximum Gasteiger partial charge on any atom is 0.586 e. The van der Waals surface area contributed by atoms with Crippen LogP contribution in [-0.4, -0.2) is 11.3 Å². The minimum Gasteiger partial charge on any atom is -0.395 e. The van der Waals surface area contributed by atoms with E-state index in [0.717, 1.165) is 6.07 Å². The van der Waals surface area contributed by atoms with Gasteiger partial charge in [0.15, 0.2) is 11.5 Å². The Kier molecular flexibility index (Phi) is 1.87. The van der Waals surface area contributed by atoms with Gasteiger partial charge in [0.1, 0.15) is 11.6 Å². The third-order valence-electron chi connectivity index (χ3n) is 2.52. The molecule has 5 nitrogen and oxygen atoms in total. The lowest BCUT2D eigenvalue weighted by atomic mass is 10.1. The summed E-state index contributed by atoms with van der Waals surface area (Å²) in [5.74, 6) is -0.388. The summed E-state index contributed by atoms with van der Waals surface area (Å²) in [5.41, 5.74) is -0.361. The highest BCUT2D eigenvalue weighted by Gasteiger charge is 2.43. The van der Waals surface area contributed by atoms with E-state index in [1.165, 1.54) is 12.3 Å². The molecule has 1 aliphatic heterocycles. The molecular weight excluding hydrogens is 246 g/mol. The van der Waals surface area contributed by atoms with Gasteiger partial charge in [0.05, 0.1) is 10.9 Å². The average Bonchev–Trinajstić information content (AvgIpc) is 2.60. The smallest absolute Gasteiger partial charge is 0.395 e. The lowest BCUT2D eigenvalue weighted by Gasteiger charge is -2.04. The molecule has 0 fully saturated rings. The number of aromatic nitrogens is 1. The van der Waals surface area contributed by atoms with Crippen LogP contribution in [0.15, 0.2) is 23.1 Å². The summed E-state index contributed by atoms with van der Waals surface area (Å²) in [6, 6.07) is 4.07. The lowest BCUT2D eigenvalue weighted by Crippen LogP contribution is -2.25. The standard InChI is InChI=1S/C11H4F2N2O3/c12-11(13)17-8-1-6-7(2-9(8)18-11)15-4-5(3-14)10(6)16/h1-2,4H,(H,15,16). The zero-order valence-electron chi connectivity index (χ0n) is 8.66. The number of benzene rings is 1. The number of ether oxygens (including phenoxy) is 2. The molecule has 1 aliphatic rings. The second-order valence-electron chi connectivity index (χ2n) is 3.66. The molecule has 0 unspecified atom stereocenters. The van der Waals surface area contributed by atoms with Gasteiger partial charge in [0, 0.05) is 12.3 Å². The summed E-state index contributed by atoms with van der Waals surface area (Å²) in [6.45, 7) is 0. The zero-order valence-corrected chi connectivity index (χ0v) is 8.66. The Morgan fingerprint density at radius 2 is 1.94 bits per heavy atom. The van der Waals surface area contributed by atoms with Gasteiger partial charge in [0.2, 0.25) is 5.43 Å².